The molecule has 1 aliphatic heterocycles. The first-order chi connectivity index (χ1) is 11.9. The molecule has 0 saturated carbocycles. The number of ether oxygens (including phenoxy) is 1. The molecule has 3 rings (SSSR count). The van der Waals surface area contributed by atoms with E-state index in [4.69, 9.17) is 4.74 Å². The summed E-state index contributed by atoms with van der Waals surface area (Å²) in [6.07, 6.45) is 0.854. The summed E-state index contributed by atoms with van der Waals surface area (Å²) >= 11 is 0. The standard InChI is InChI=1S/C16H23N5O4/c1-8(2)4-9(3)20-14-11-15(18-6-17-14)21(7-19-11)16-13(24)12(23)10(5-22)25-16/h4,6-7,9-10,12-13,16,22-24H,5H2,1-3H3,(H,17,18,20)/t9-,10-,12-,13-,16?/m1/s1. The van der Waals surface area contributed by atoms with Crippen molar-refractivity contribution in [2.24, 2.45) is 0 Å². The number of nitrogens with one attached hydrogen (secondary N) is 1. The van der Waals surface area contributed by atoms with Crippen LogP contribution in [0.15, 0.2) is 24.3 Å². The van der Waals surface area contributed by atoms with Crippen molar-refractivity contribution in [1.82, 2.24) is 19.5 Å². The first kappa shape index (κ1) is 17.7. The molecular formula is C16H23N5O4. The van der Waals surface area contributed by atoms with E-state index in [1.807, 2.05) is 20.8 Å². The molecule has 136 valence electrons. The first-order valence-corrected chi connectivity index (χ1v) is 8.14. The van der Waals surface area contributed by atoms with E-state index < -0.39 is 24.5 Å². The topological polar surface area (TPSA) is 126 Å². The van der Waals surface area contributed by atoms with E-state index in [0.29, 0.717) is 17.0 Å². The summed E-state index contributed by atoms with van der Waals surface area (Å²) in [5.41, 5.74) is 2.19. The highest BCUT2D eigenvalue weighted by atomic mass is 16.6. The van der Waals surface area contributed by atoms with Gasteiger partial charge in [-0.1, -0.05) is 11.6 Å². The van der Waals surface area contributed by atoms with E-state index in [1.165, 1.54) is 22.8 Å². The predicted octanol–water partition coefficient (Wildman–Crippen LogP) is 0.204. The van der Waals surface area contributed by atoms with Crippen molar-refractivity contribution < 1.29 is 20.1 Å². The highest BCUT2D eigenvalue weighted by Crippen LogP contribution is 2.32. The number of nitrogens with zero attached hydrogens (tertiary/aromatic N) is 4. The van der Waals surface area contributed by atoms with Gasteiger partial charge in [0, 0.05) is 6.04 Å². The Morgan fingerprint density at radius 1 is 1.32 bits per heavy atom. The molecule has 0 amide bonds. The molecule has 5 atom stereocenters. The Morgan fingerprint density at radius 2 is 2.08 bits per heavy atom. The van der Waals surface area contributed by atoms with Gasteiger partial charge in [-0.05, 0) is 20.8 Å². The van der Waals surface area contributed by atoms with E-state index in [9.17, 15) is 15.3 Å². The third kappa shape index (κ3) is 3.36. The van der Waals surface area contributed by atoms with Crippen LogP contribution in [0.1, 0.15) is 27.0 Å². The van der Waals surface area contributed by atoms with Crippen molar-refractivity contribution in [2.45, 2.75) is 51.4 Å². The van der Waals surface area contributed by atoms with Crippen LogP contribution in [-0.4, -0.2) is 65.8 Å². The number of hydrogen-bond acceptors (Lipinski definition) is 8. The van der Waals surface area contributed by atoms with Crippen LogP contribution in [0.25, 0.3) is 11.2 Å². The summed E-state index contributed by atoms with van der Waals surface area (Å²) in [5.74, 6) is 0.570. The maximum atomic E-state index is 10.2. The lowest BCUT2D eigenvalue weighted by molar-refractivity contribution is -0.0511. The SMILES string of the molecule is CC(C)=C[C@@H](C)Nc1ncnc2c1ncn2C1O[C@H](CO)[C@@H](O)[C@H]1O. The fourth-order valence-corrected chi connectivity index (χ4v) is 3.01. The van der Waals surface area contributed by atoms with Gasteiger partial charge >= 0.3 is 0 Å². The number of aliphatic hydroxyl groups is 3. The lowest BCUT2D eigenvalue weighted by atomic mass is 10.1. The molecule has 9 nitrogen and oxygen atoms in total. The van der Waals surface area contributed by atoms with E-state index in [2.05, 4.69) is 26.3 Å². The van der Waals surface area contributed by atoms with Gasteiger partial charge in [0.15, 0.2) is 23.2 Å². The smallest absolute Gasteiger partial charge is 0.167 e. The van der Waals surface area contributed by atoms with E-state index >= 15 is 0 Å². The molecule has 3 heterocycles. The highest BCUT2D eigenvalue weighted by molar-refractivity contribution is 5.82. The van der Waals surface area contributed by atoms with Crippen LogP contribution in [0.4, 0.5) is 5.82 Å². The number of fused-ring (bicyclic) bond motifs is 1. The molecule has 0 bridgehead atoms. The van der Waals surface area contributed by atoms with Gasteiger partial charge in [-0.25, -0.2) is 15.0 Å². The van der Waals surface area contributed by atoms with Gasteiger partial charge in [0.1, 0.15) is 24.6 Å². The molecule has 1 saturated heterocycles. The lowest BCUT2D eigenvalue weighted by Crippen LogP contribution is -2.33. The fourth-order valence-electron chi connectivity index (χ4n) is 3.01. The van der Waals surface area contributed by atoms with E-state index in [0.717, 1.165) is 0 Å². The third-order valence-corrected chi connectivity index (χ3v) is 4.10. The zero-order chi connectivity index (χ0) is 18.1. The van der Waals surface area contributed by atoms with Gasteiger partial charge in [0.2, 0.25) is 0 Å². The van der Waals surface area contributed by atoms with E-state index in [1.54, 1.807) is 0 Å². The maximum Gasteiger partial charge on any atom is 0.167 e. The summed E-state index contributed by atoms with van der Waals surface area (Å²) in [4.78, 5) is 12.8. The molecule has 0 radical (unpaired) electrons. The number of anilines is 1. The lowest BCUT2D eigenvalue weighted by Gasteiger charge is -2.16. The second-order valence-electron chi connectivity index (χ2n) is 6.45. The Labute approximate surface area is 145 Å². The summed E-state index contributed by atoms with van der Waals surface area (Å²) < 4.78 is 7.08. The Kier molecular flexibility index (Phi) is 5.00. The molecule has 4 N–H and O–H groups in total. The maximum absolute atomic E-state index is 10.2. The van der Waals surface area contributed by atoms with Gasteiger partial charge in [-0.3, -0.25) is 4.57 Å². The van der Waals surface area contributed by atoms with Gasteiger partial charge in [-0.15, -0.1) is 0 Å². The zero-order valence-corrected chi connectivity index (χ0v) is 14.4. The quantitative estimate of drug-likeness (QED) is 0.564. The second kappa shape index (κ2) is 7.04. The summed E-state index contributed by atoms with van der Waals surface area (Å²) in [6, 6.07) is 0.0576. The Balaban J connectivity index is 1.93. The van der Waals surface area contributed by atoms with Crippen molar-refractivity contribution >= 4 is 17.0 Å². The van der Waals surface area contributed by atoms with Crippen molar-refractivity contribution in [3.63, 3.8) is 0 Å². The minimum absolute atomic E-state index is 0.0576. The predicted molar refractivity (Wildman–Crippen MR) is 90.8 cm³/mol. The molecule has 2 aromatic rings. The van der Waals surface area contributed by atoms with Gasteiger partial charge in [0.05, 0.1) is 12.9 Å². The van der Waals surface area contributed by atoms with Crippen LogP contribution in [0.2, 0.25) is 0 Å². The largest absolute Gasteiger partial charge is 0.394 e. The molecule has 9 heteroatoms. The average Bonchev–Trinajstić information content (AvgIpc) is 3.10. The summed E-state index contributed by atoms with van der Waals surface area (Å²) in [6.45, 7) is 5.65. The molecule has 25 heavy (non-hydrogen) atoms. The Bertz CT molecular complexity index is 773. The Hall–Kier alpha value is -2.07. The zero-order valence-electron chi connectivity index (χ0n) is 14.4. The number of aliphatic hydroxyl groups excluding tert-OH is 3. The van der Waals surface area contributed by atoms with E-state index in [-0.39, 0.29) is 12.6 Å². The minimum atomic E-state index is -1.19. The van der Waals surface area contributed by atoms with Crippen molar-refractivity contribution in [3.8, 4) is 0 Å². The highest BCUT2D eigenvalue weighted by Gasteiger charge is 2.44. The summed E-state index contributed by atoms with van der Waals surface area (Å²) in [5, 5.41) is 32.6. The van der Waals surface area contributed by atoms with Crippen LogP contribution in [0, 0.1) is 0 Å². The molecule has 1 unspecified atom stereocenters. The molecule has 1 fully saturated rings. The van der Waals surface area contributed by atoms with Crippen molar-refractivity contribution in [3.05, 3.63) is 24.3 Å². The van der Waals surface area contributed by atoms with Gasteiger partial charge in [0.25, 0.3) is 0 Å². The van der Waals surface area contributed by atoms with Crippen LogP contribution in [0.3, 0.4) is 0 Å². The van der Waals surface area contributed by atoms with Crippen LogP contribution < -0.4 is 5.32 Å². The number of rotatable bonds is 5. The van der Waals surface area contributed by atoms with Crippen LogP contribution in [0.5, 0.6) is 0 Å². The number of allylic oxidation sites excluding steroid dienone is 1. The second-order valence-corrected chi connectivity index (χ2v) is 6.45. The molecule has 0 spiro atoms. The molecule has 0 aromatic carbocycles. The monoisotopic (exact) mass is 349 g/mol. The van der Waals surface area contributed by atoms with Crippen LogP contribution >= 0.6 is 0 Å². The van der Waals surface area contributed by atoms with Gasteiger partial charge < -0.3 is 25.4 Å². The van der Waals surface area contributed by atoms with Crippen LogP contribution in [-0.2, 0) is 4.74 Å². The molecular weight excluding hydrogens is 326 g/mol. The number of imidazole rings is 1. The normalized spacial score (nSPS) is 27.4. The van der Waals surface area contributed by atoms with Gasteiger partial charge in [-0.2, -0.15) is 0 Å². The first-order valence-electron chi connectivity index (χ1n) is 8.14. The summed E-state index contributed by atoms with van der Waals surface area (Å²) in [7, 11) is 0. The average molecular weight is 349 g/mol. The minimum Gasteiger partial charge on any atom is -0.394 e. The third-order valence-electron chi connectivity index (χ3n) is 4.10. The van der Waals surface area contributed by atoms with Crippen molar-refractivity contribution in [2.75, 3.05) is 11.9 Å². The number of aromatic nitrogens is 4. The van der Waals surface area contributed by atoms with Crippen molar-refractivity contribution in [1.29, 1.82) is 0 Å². The number of hydrogen-bond donors (Lipinski definition) is 4. The molecule has 2 aromatic heterocycles. The molecule has 1 aliphatic rings. The molecule has 0 aliphatic carbocycles. The fraction of sp³-hybridized carbons (Fsp3) is 0.562. The Morgan fingerprint density at radius 3 is 2.72 bits per heavy atom.